The minimum Gasteiger partial charge on any atom is -0.349 e. The van der Waals surface area contributed by atoms with Crippen LogP contribution >= 0.6 is 11.3 Å². The Balaban J connectivity index is 1.33. The lowest BCUT2D eigenvalue weighted by Gasteiger charge is -2.56. The summed E-state index contributed by atoms with van der Waals surface area (Å²) in [6, 6.07) is 7.15. The summed E-state index contributed by atoms with van der Waals surface area (Å²) in [5, 5.41) is 9.70. The molecule has 136 valence electrons. The van der Waals surface area contributed by atoms with E-state index in [1.54, 1.807) is 17.4 Å². The molecule has 0 aliphatic heterocycles. The smallest absolute Gasteiger partial charge is 0.267 e. The number of aromatic nitrogens is 2. The standard InChI is InChI=1S/C20H23N3O2S/c24-18(21-20-9-13-6-14(10-20)8-15(7-13)11-20)12-23-19(25)4-3-16(22-23)17-2-1-5-26-17/h1-5,13-15H,6-12H2,(H,21,24). The molecule has 0 atom stereocenters. The van der Waals surface area contributed by atoms with Crippen LogP contribution in [0.5, 0.6) is 0 Å². The van der Waals surface area contributed by atoms with Gasteiger partial charge in [0.1, 0.15) is 12.2 Å². The lowest BCUT2D eigenvalue weighted by molar-refractivity contribution is -0.127. The quantitative estimate of drug-likeness (QED) is 0.901. The van der Waals surface area contributed by atoms with Gasteiger partial charge in [0.05, 0.1) is 4.88 Å². The molecule has 26 heavy (non-hydrogen) atoms. The zero-order chi connectivity index (χ0) is 17.7. The average molecular weight is 369 g/mol. The van der Waals surface area contributed by atoms with Crippen molar-refractivity contribution in [2.24, 2.45) is 17.8 Å². The van der Waals surface area contributed by atoms with Crippen molar-refractivity contribution in [3.05, 3.63) is 40.0 Å². The number of thiophene rings is 1. The molecule has 0 saturated heterocycles. The number of hydrogen-bond acceptors (Lipinski definition) is 4. The first-order chi connectivity index (χ1) is 12.6. The summed E-state index contributed by atoms with van der Waals surface area (Å²) < 4.78 is 1.30. The molecule has 0 unspecified atom stereocenters. The summed E-state index contributed by atoms with van der Waals surface area (Å²) in [4.78, 5) is 25.9. The second-order valence-corrected chi connectivity index (χ2v) is 9.39. The molecule has 0 radical (unpaired) electrons. The van der Waals surface area contributed by atoms with Crippen molar-refractivity contribution < 1.29 is 4.79 Å². The molecular weight excluding hydrogens is 346 g/mol. The Morgan fingerprint density at radius 1 is 1.15 bits per heavy atom. The van der Waals surface area contributed by atoms with Gasteiger partial charge in [0.15, 0.2) is 0 Å². The highest BCUT2D eigenvalue weighted by Crippen LogP contribution is 2.55. The molecule has 4 fully saturated rings. The highest BCUT2D eigenvalue weighted by Gasteiger charge is 2.51. The normalized spacial score (nSPS) is 31.9. The topological polar surface area (TPSA) is 64.0 Å². The van der Waals surface area contributed by atoms with Gasteiger partial charge in [-0.05, 0) is 73.8 Å². The molecule has 2 aromatic heterocycles. The van der Waals surface area contributed by atoms with Gasteiger partial charge in [-0.2, -0.15) is 5.10 Å². The monoisotopic (exact) mass is 369 g/mol. The molecular formula is C20H23N3O2S. The predicted octanol–water partition coefficient (Wildman–Crippen LogP) is 3.06. The first-order valence-electron chi connectivity index (χ1n) is 9.52. The van der Waals surface area contributed by atoms with E-state index >= 15 is 0 Å². The summed E-state index contributed by atoms with van der Waals surface area (Å²) in [5.74, 6) is 2.27. The van der Waals surface area contributed by atoms with E-state index in [4.69, 9.17) is 0 Å². The number of carbonyl (C=O) groups excluding carboxylic acids is 1. The fraction of sp³-hybridized carbons (Fsp3) is 0.550. The third-order valence-electron chi connectivity index (χ3n) is 6.38. The molecule has 4 aliphatic rings. The Kier molecular flexibility index (Phi) is 3.78. The van der Waals surface area contributed by atoms with Crippen LogP contribution in [0.15, 0.2) is 34.4 Å². The van der Waals surface area contributed by atoms with E-state index < -0.39 is 0 Å². The van der Waals surface area contributed by atoms with Crippen LogP contribution in [0.3, 0.4) is 0 Å². The molecule has 2 aromatic rings. The van der Waals surface area contributed by atoms with Crippen LogP contribution in [0.25, 0.3) is 10.6 Å². The summed E-state index contributed by atoms with van der Waals surface area (Å²) >= 11 is 1.58. The molecule has 0 spiro atoms. The minimum atomic E-state index is -0.231. The molecule has 0 aromatic carbocycles. The maximum absolute atomic E-state index is 12.7. The molecule has 4 saturated carbocycles. The second kappa shape index (κ2) is 6.05. The van der Waals surface area contributed by atoms with Crippen molar-refractivity contribution in [3.63, 3.8) is 0 Å². The highest BCUT2D eigenvalue weighted by molar-refractivity contribution is 7.13. The van der Waals surface area contributed by atoms with E-state index in [2.05, 4.69) is 10.4 Å². The van der Waals surface area contributed by atoms with Gasteiger partial charge in [-0.25, -0.2) is 4.68 Å². The van der Waals surface area contributed by atoms with Crippen molar-refractivity contribution in [1.29, 1.82) is 0 Å². The Hall–Kier alpha value is -1.95. The Morgan fingerprint density at radius 2 is 1.85 bits per heavy atom. The van der Waals surface area contributed by atoms with Crippen LogP contribution in [-0.2, 0) is 11.3 Å². The van der Waals surface area contributed by atoms with Crippen LogP contribution < -0.4 is 10.9 Å². The largest absolute Gasteiger partial charge is 0.349 e. The van der Waals surface area contributed by atoms with Crippen molar-refractivity contribution in [1.82, 2.24) is 15.1 Å². The zero-order valence-corrected chi connectivity index (χ0v) is 15.5. The average Bonchev–Trinajstić information content (AvgIpc) is 3.09. The second-order valence-electron chi connectivity index (χ2n) is 8.44. The Morgan fingerprint density at radius 3 is 2.46 bits per heavy atom. The molecule has 6 rings (SSSR count). The first kappa shape index (κ1) is 16.2. The first-order valence-corrected chi connectivity index (χ1v) is 10.4. The number of hydrogen-bond donors (Lipinski definition) is 1. The zero-order valence-electron chi connectivity index (χ0n) is 14.7. The van der Waals surface area contributed by atoms with E-state index in [1.165, 1.54) is 30.0 Å². The number of amides is 1. The number of nitrogens with zero attached hydrogens (tertiary/aromatic N) is 2. The van der Waals surface area contributed by atoms with Crippen molar-refractivity contribution in [2.45, 2.75) is 50.6 Å². The SMILES string of the molecule is O=C(Cn1nc(-c2cccs2)ccc1=O)NC12CC3CC(CC(C3)C1)C2. The third kappa shape index (κ3) is 2.90. The van der Waals surface area contributed by atoms with E-state index in [9.17, 15) is 9.59 Å². The lowest BCUT2D eigenvalue weighted by Crippen LogP contribution is -2.60. The maximum Gasteiger partial charge on any atom is 0.267 e. The van der Waals surface area contributed by atoms with Crippen molar-refractivity contribution in [3.8, 4) is 10.6 Å². The van der Waals surface area contributed by atoms with E-state index in [0.717, 1.165) is 47.6 Å². The molecule has 1 amide bonds. The maximum atomic E-state index is 12.7. The molecule has 4 aliphatic carbocycles. The Labute approximate surface area is 156 Å². The van der Waals surface area contributed by atoms with Gasteiger partial charge in [0, 0.05) is 11.6 Å². The highest BCUT2D eigenvalue weighted by atomic mass is 32.1. The minimum absolute atomic E-state index is 0.000200. The Bertz CT molecular complexity index is 851. The molecule has 6 heteroatoms. The number of carbonyl (C=O) groups is 1. The molecule has 2 heterocycles. The molecule has 5 nitrogen and oxygen atoms in total. The van der Waals surface area contributed by atoms with Crippen LogP contribution in [0.2, 0.25) is 0 Å². The van der Waals surface area contributed by atoms with E-state index in [-0.39, 0.29) is 23.6 Å². The van der Waals surface area contributed by atoms with Gasteiger partial charge in [-0.1, -0.05) is 6.07 Å². The van der Waals surface area contributed by atoms with Gasteiger partial charge in [-0.3, -0.25) is 9.59 Å². The van der Waals surface area contributed by atoms with Crippen LogP contribution in [0.1, 0.15) is 38.5 Å². The van der Waals surface area contributed by atoms with Crippen LogP contribution in [-0.4, -0.2) is 21.2 Å². The van der Waals surface area contributed by atoms with E-state index in [1.807, 2.05) is 17.5 Å². The predicted molar refractivity (Wildman–Crippen MR) is 101 cm³/mol. The van der Waals surface area contributed by atoms with Crippen molar-refractivity contribution in [2.75, 3.05) is 0 Å². The molecule has 4 bridgehead atoms. The van der Waals surface area contributed by atoms with Crippen LogP contribution in [0, 0.1) is 17.8 Å². The third-order valence-corrected chi connectivity index (χ3v) is 7.27. The lowest BCUT2D eigenvalue weighted by atomic mass is 9.53. The number of nitrogens with one attached hydrogen (secondary N) is 1. The summed E-state index contributed by atoms with van der Waals surface area (Å²) in [7, 11) is 0. The van der Waals surface area contributed by atoms with Gasteiger partial charge < -0.3 is 5.32 Å². The summed E-state index contributed by atoms with van der Waals surface area (Å²) in [6.45, 7) is -0.000200. The molecule has 1 N–H and O–H groups in total. The van der Waals surface area contributed by atoms with Gasteiger partial charge in [-0.15, -0.1) is 11.3 Å². The van der Waals surface area contributed by atoms with Gasteiger partial charge >= 0.3 is 0 Å². The number of rotatable bonds is 4. The van der Waals surface area contributed by atoms with Gasteiger partial charge in [0.25, 0.3) is 5.56 Å². The summed E-state index contributed by atoms with van der Waals surface area (Å²) in [6.07, 6.45) is 7.38. The van der Waals surface area contributed by atoms with Crippen LogP contribution in [0.4, 0.5) is 0 Å². The van der Waals surface area contributed by atoms with E-state index in [0.29, 0.717) is 0 Å². The van der Waals surface area contributed by atoms with Crippen molar-refractivity contribution >= 4 is 17.2 Å². The fourth-order valence-corrected chi connectivity index (χ4v) is 6.54. The van der Waals surface area contributed by atoms with Gasteiger partial charge in [0.2, 0.25) is 5.91 Å². The fourth-order valence-electron chi connectivity index (χ4n) is 5.85. The summed E-state index contributed by atoms with van der Waals surface area (Å²) in [5.41, 5.74) is 0.481.